The van der Waals surface area contributed by atoms with Crippen LogP contribution in [0.5, 0.6) is 0 Å². The molecular weight excluding hydrogens is 232 g/mol. The number of rotatable bonds is 6. The lowest BCUT2D eigenvalue weighted by Crippen LogP contribution is -2.55. The van der Waals surface area contributed by atoms with Crippen LogP contribution in [0.15, 0.2) is 0 Å². The average Bonchev–Trinajstić information content (AvgIpc) is 3.16. The van der Waals surface area contributed by atoms with Gasteiger partial charge in [0.05, 0.1) is 0 Å². The van der Waals surface area contributed by atoms with Gasteiger partial charge in [-0.1, -0.05) is 46.0 Å². The minimum Gasteiger partial charge on any atom is -0.329 e. The van der Waals surface area contributed by atoms with Gasteiger partial charge in [-0.05, 0) is 44.6 Å². The molecule has 0 aromatic heterocycles. The zero-order chi connectivity index (χ0) is 13.7. The smallest absolute Gasteiger partial charge is 0.0334 e. The van der Waals surface area contributed by atoms with Crippen LogP contribution in [0.4, 0.5) is 0 Å². The third-order valence-electron chi connectivity index (χ3n) is 5.21. The molecule has 0 radical (unpaired) electrons. The minimum absolute atomic E-state index is 0.344. The highest BCUT2D eigenvalue weighted by Crippen LogP contribution is 2.39. The van der Waals surface area contributed by atoms with Gasteiger partial charge < -0.3 is 5.73 Å². The van der Waals surface area contributed by atoms with E-state index in [1.807, 2.05) is 0 Å². The van der Waals surface area contributed by atoms with Gasteiger partial charge in [-0.25, -0.2) is 0 Å². The standard InChI is InChI=1S/C17H34N2/c1-15(2)10-13-19(16-8-9-16)17(14-18)11-6-4-3-5-7-12-17/h15-16H,3-14,18H2,1-2H3. The highest BCUT2D eigenvalue weighted by atomic mass is 15.3. The molecule has 2 saturated carbocycles. The van der Waals surface area contributed by atoms with E-state index in [1.54, 1.807) is 0 Å². The number of nitrogens with two attached hydrogens (primary N) is 1. The molecule has 0 aromatic rings. The molecule has 0 atom stereocenters. The van der Waals surface area contributed by atoms with Crippen molar-refractivity contribution in [1.29, 1.82) is 0 Å². The Labute approximate surface area is 120 Å². The van der Waals surface area contributed by atoms with Crippen LogP contribution in [0.2, 0.25) is 0 Å². The van der Waals surface area contributed by atoms with Crippen LogP contribution in [-0.4, -0.2) is 29.6 Å². The van der Waals surface area contributed by atoms with Crippen molar-refractivity contribution < 1.29 is 0 Å². The molecule has 112 valence electrons. The van der Waals surface area contributed by atoms with Gasteiger partial charge in [-0.15, -0.1) is 0 Å². The van der Waals surface area contributed by atoms with Crippen LogP contribution in [-0.2, 0) is 0 Å². The Morgan fingerprint density at radius 2 is 1.63 bits per heavy atom. The molecule has 0 amide bonds. The Kier molecular flexibility index (Phi) is 5.70. The van der Waals surface area contributed by atoms with Crippen molar-refractivity contribution >= 4 is 0 Å². The van der Waals surface area contributed by atoms with E-state index in [2.05, 4.69) is 18.7 Å². The fraction of sp³-hybridized carbons (Fsp3) is 1.00. The molecule has 2 nitrogen and oxygen atoms in total. The van der Waals surface area contributed by atoms with Gasteiger partial charge in [0, 0.05) is 18.1 Å². The summed E-state index contributed by atoms with van der Waals surface area (Å²) in [4.78, 5) is 2.85. The molecule has 19 heavy (non-hydrogen) atoms. The summed E-state index contributed by atoms with van der Waals surface area (Å²) in [5.74, 6) is 0.810. The molecule has 2 aliphatic carbocycles. The first kappa shape index (κ1) is 15.3. The Bertz CT molecular complexity index is 250. The lowest BCUT2D eigenvalue weighted by Gasteiger charge is -2.45. The van der Waals surface area contributed by atoms with Crippen molar-refractivity contribution in [3.63, 3.8) is 0 Å². The Balaban J connectivity index is 2.04. The zero-order valence-electron chi connectivity index (χ0n) is 13.2. The fourth-order valence-electron chi connectivity index (χ4n) is 3.76. The van der Waals surface area contributed by atoms with Gasteiger partial charge in [0.25, 0.3) is 0 Å². The van der Waals surface area contributed by atoms with E-state index in [0.29, 0.717) is 5.54 Å². The van der Waals surface area contributed by atoms with Crippen LogP contribution in [0, 0.1) is 5.92 Å². The van der Waals surface area contributed by atoms with Gasteiger partial charge in [-0.2, -0.15) is 0 Å². The predicted octanol–water partition coefficient (Wildman–Crippen LogP) is 3.94. The van der Waals surface area contributed by atoms with Crippen molar-refractivity contribution in [3.8, 4) is 0 Å². The molecule has 0 spiro atoms. The number of hydrogen-bond acceptors (Lipinski definition) is 2. The summed E-state index contributed by atoms with van der Waals surface area (Å²) in [5.41, 5.74) is 6.63. The van der Waals surface area contributed by atoms with E-state index in [0.717, 1.165) is 18.5 Å². The summed E-state index contributed by atoms with van der Waals surface area (Å²) in [5, 5.41) is 0. The normalized spacial score (nSPS) is 24.5. The monoisotopic (exact) mass is 266 g/mol. The summed E-state index contributed by atoms with van der Waals surface area (Å²) in [6.45, 7) is 6.85. The zero-order valence-corrected chi connectivity index (χ0v) is 13.2. The van der Waals surface area contributed by atoms with Gasteiger partial charge in [0.2, 0.25) is 0 Å². The van der Waals surface area contributed by atoms with Gasteiger partial charge >= 0.3 is 0 Å². The van der Waals surface area contributed by atoms with Crippen LogP contribution >= 0.6 is 0 Å². The van der Waals surface area contributed by atoms with E-state index >= 15 is 0 Å². The van der Waals surface area contributed by atoms with E-state index < -0.39 is 0 Å². The van der Waals surface area contributed by atoms with Crippen LogP contribution in [0.25, 0.3) is 0 Å². The molecule has 2 aliphatic rings. The summed E-state index contributed by atoms with van der Waals surface area (Å²) in [6.07, 6.45) is 13.9. The van der Waals surface area contributed by atoms with Gasteiger partial charge in [0.15, 0.2) is 0 Å². The van der Waals surface area contributed by atoms with Crippen molar-refractivity contribution in [1.82, 2.24) is 4.90 Å². The molecule has 2 N–H and O–H groups in total. The maximum Gasteiger partial charge on any atom is 0.0334 e. The second-order valence-corrected chi connectivity index (χ2v) is 7.30. The molecule has 2 rings (SSSR count). The largest absolute Gasteiger partial charge is 0.329 e. The van der Waals surface area contributed by atoms with Crippen molar-refractivity contribution in [2.24, 2.45) is 11.7 Å². The quantitative estimate of drug-likeness (QED) is 0.789. The summed E-state index contributed by atoms with van der Waals surface area (Å²) >= 11 is 0. The lowest BCUT2D eigenvalue weighted by atomic mass is 9.82. The lowest BCUT2D eigenvalue weighted by molar-refractivity contribution is 0.0541. The van der Waals surface area contributed by atoms with E-state index in [4.69, 9.17) is 5.73 Å². The fourth-order valence-corrected chi connectivity index (χ4v) is 3.76. The molecule has 0 unspecified atom stereocenters. The highest BCUT2D eigenvalue weighted by molar-refractivity contribution is 4.99. The Morgan fingerprint density at radius 3 is 2.11 bits per heavy atom. The van der Waals surface area contributed by atoms with Crippen LogP contribution in [0.3, 0.4) is 0 Å². The topological polar surface area (TPSA) is 29.3 Å². The van der Waals surface area contributed by atoms with Crippen LogP contribution < -0.4 is 5.73 Å². The number of hydrogen-bond donors (Lipinski definition) is 1. The second kappa shape index (κ2) is 7.08. The molecular formula is C17H34N2. The van der Waals surface area contributed by atoms with Gasteiger partial charge in [0.1, 0.15) is 0 Å². The third-order valence-corrected chi connectivity index (χ3v) is 5.21. The maximum atomic E-state index is 6.29. The highest BCUT2D eigenvalue weighted by Gasteiger charge is 2.42. The van der Waals surface area contributed by atoms with Crippen molar-refractivity contribution in [2.75, 3.05) is 13.1 Å². The van der Waals surface area contributed by atoms with Crippen molar-refractivity contribution in [2.45, 2.75) is 89.6 Å². The first-order valence-electron chi connectivity index (χ1n) is 8.65. The first-order valence-corrected chi connectivity index (χ1v) is 8.65. The molecule has 0 aromatic carbocycles. The molecule has 0 heterocycles. The minimum atomic E-state index is 0.344. The maximum absolute atomic E-state index is 6.29. The molecule has 2 fully saturated rings. The molecule has 0 saturated heterocycles. The molecule has 0 aliphatic heterocycles. The Hall–Kier alpha value is -0.0800. The summed E-state index contributed by atoms with van der Waals surface area (Å²) < 4.78 is 0. The summed E-state index contributed by atoms with van der Waals surface area (Å²) in [7, 11) is 0. The SMILES string of the molecule is CC(C)CCN(C1CC1)C1(CN)CCCCCCC1. The second-order valence-electron chi connectivity index (χ2n) is 7.30. The Morgan fingerprint density at radius 1 is 1.05 bits per heavy atom. The third kappa shape index (κ3) is 4.19. The predicted molar refractivity (Wildman–Crippen MR) is 83.3 cm³/mol. The average molecular weight is 266 g/mol. The molecule has 0 bridgehead atoms. The van der Waals surface area contributed by atoms with Crippen LogP contribution in [0.1, 0.15) is 78.1 Å². The summed E-state index contributed by atoms with van der Waals surface area (Å²) in [6, 6.07) is 0.863. The van der Waals surface area contributed by atoms with E-state index in [-0.39, 0.29) is 0 Å². The van der Waals surface area contributed by atoms with Crippen molar-refractivity contribution in [3.05, 3.63) is 0 Å². The first-order chi connectivity index (χ1) is 9.18. The van der Waals surface area contributed by atoms with E-state index in [9.17, 15) is 0 Å². The molecule has 2 heteroatoms. The van der Waals surface area contributed by atoms with Gasteiger partial charge in [-0.3, -0.25) is 4.90 Å². The number of nitrogens with zero attached hydrogens (tertiary/aromatic N) is 1. The van der Waals surface area contributed by atoms with E-state index in [1.165, 1.54) is 70.8 Å².